The van der Waals surface area contributed by atoms with Crippen LogP contribution in [0.25, 0.3) is 0 Å². The van der Waals surface area contributed by atoms with Crippen LogP contribution in [-0.4, -0.2) is 39.5 Å². The normalized spacial score (nSPS) is 13.9. The first-order valence-corrected chi connectivity index (χ1v) is 7.58. The molecule has 0 bridgehead atoms. The Morgan fingerprint density at radius 1 is 1.33 bits per heavy atom. The highest BCUT2D eigenvalue weighted by molar-refractivity contribution is 5.67. The Morgan fingerprint density at radius 3 is 2.50 bits per heavy atom. The van der Waals surface area contributed by atoms with Crippen LogP contribution in [0.1, 0.15) is 44.4 Å². The second-order valence-corrected chi connectivity index (χ2v) is 6.59. The average molecular weight is 340 g/mol. The van der Waals surface area contributed by atoms with Gasteiger partial charge in [0.05, 0.1) is 11.0 Å². The summed E-state index contributed by atoms with van der Waals surface area (Å²) in [5.74, 6) is 0. The minimum absolute atomic E-state index is 0.0716. The van der Waals surface area contributed by atoms with Crippen molar-refractivity contribution in [3.05, 3.63) is 39.4 Å². The number of non-ortho nitro benzene ring substituents is 1. The van der Waals surface area contributed by atoms with Crippen LogP contribution in [-0.2, 0) is 4.74 Å². The molecule has 0 fully saturated rings. The molecular weight excluding hydrogens is 316 g/mol. The highest BCUT2D eigenvalue weighted by atomic mass is 16.6. The smallest absolute Gasteiger partial charge is 0.407 e. The number of amides is 1. The van der Waals surface area contributed by atoms with Crippen molar-refractivity contribution in [2.24, 2.45) is 0 Å². The van der Waals surface area contributed by atoms with Gasteiger partial charge in [0.1, 0.15) is 11.7 Å². The van der Waals surface area contributed by atoms with Crippen LogP contribution in [0.15, 0.2) is 18.2 Å². The number of carbonyl (C=O) groups excluding carboxylic acids is 1. The summed E-state index contributed by atoms with van der Waals surface area (Å²) in [6.45, 7) is 6.96. The highest BCUT2D eigenvalue weighted by Crippen LogP contribution is 2.25. The molecule has 0 aliphatic carbocycles. The number of nitrogens with zero attached hydrogens (tertiary/aromatic N) is 1. The third kappa shape index (κ3) is 6.51. The molecule has 0 radical (unpaired) electrons. The summed E-state index contributed by atoms with van der Waals surface area (Å²) in [7, 11) is 0. The maximum Gasteiger partial charge on any atom is 0.407 e. The number of nitro groups is 1. The first kappa shape index (κ1) is 19.9. The zero-order chi connectivity index (χ0) is 18.5. The zero-order valence-corrected chi connectivity index (χ0v) is 14.3. The van der Waals surface area contributed by atoms with Crippen molar-refractivity contribution in [3.8, 4) is 0 Å². The number of aryl methyl sites for hydroxylation is 1. The number of nitrogens with one attached hydrogen (secondary N) is 1. The molecule has 0 saturated heterocycles. The van der Waals surface area contributed by atoms with Crippen molar-refractivity contribution in [1.82, 2.24) is 5.32 Å². The molecule has 0 heterocycles. The van der Waals surface area contributed by atoms with Crippen molar-refractivity contribution >= 4 is 11.8 Å². The van der Waals surface area contributed by atoms with Crippen molar-refractivity contribution in [3.63, 3.8) is 0 Å². The van der Waals surface area contributed by atoms with Crippen molar-refractivity contribution < 1.29 is 24.7 Å². The summed E-state index contributed by atoms with van der Waals surface area (Å²) in [4.78, 5) is 21.8. The van der Waals surface area contributed by atoms with E-state index >= 15 is 0 Å². The first-order chi connectivity index (χ1) is 11.0. The standard InChI is InChI=1S/C16H24N2O6/c1-10-7-11(9-12(8-10)18(22)23)14(20)13(19)5-6-17-15(21)24-16(2,3)4/h7-9,13-14,19-20H,5-6H2,1-4H3,(H,17,21). The Bertz CT molecular complexity index is 597. The van der Waals surface area contributed by atoms with Crippen LogP contribution in [0.3, 0.4) is 0 Å². The molecule has 1 aromatic carbocycles. The van der Waals surface area contributed by atoms with E-state index in [1.165, 1.54) is 12.1 Å². The molecule has 1 rings (SSSR count). The molecule has 0 aliphatic heterocycles. The van der Waals surface area contributed by atoms with Gasteiger partial charge in [0.25, 0.3) is 5.69 Å². The zero-order valence-electron chi connectivity index (χ0n) is 14.3. The summed E-state index contributed by atoms with van der Waals surface area (Å²) < 4.78 is 5.05. The third-order valence-electron chi connectivity index (χ3n) is 3.11. The van der Waals surface area contributed by atoms with E-state index in [1.807, 2.05) is 0 Å². The van der Waals surface area contributed by atoms with Crippen LogP contribution < -0.4 is 5.32 Å². The summed E-state index contributed by atoms with van der Waals surface area (Å²) in [6, 6.07) is 4.18. The summed E-state index contributed by atoms with van der Waals surface area (Å²) in [5, 5.41) is 33.5. The van der Waals surface area contributed by atoms with Gasteiger partial charge in [0.15, 0.2) is 0 Å². The maximum absolute atomic E-state index is 11.5. The molecule has 0 aromatic heterocycles. The second-order valence-electron chi connectivity index (χ2n) is 6.59. The third-order valence-corrected chi connectivity index (χ3v) is 3.11. The Balaban J connectivity index is 2.61. The van der Waals surface area contributed by atoms with Crippen LogP contribution >= 0.6 is 0 Å². The number of hydrogen-bond acceptors (Lipinski definition) is 6. The maximum atomic E-state index is 11.5. The second kappa shape index (κ2) is 8.07. The average Bonchev–Trinajstić information content (AvgIpc) is 2.43. The Kier molecular flexibility index (Phi) is 6.68. The van der Waals surface area contributed by atoms with E-state index in [4.69, 9.17) is 4.74 Å². The molecule has 134 valence electrons. The predicted octanol–water partition coefficient (Wildman–Crippen LogP) is 2.21. The summed E-state index contributed by atoms with van der Waals surface area (Å²) >= 11 is 0. The molecule has 0 saturated carbocycles. The van der Waals surface area contributed by atoms with Gasteiger partial charge in [-0.15, -0.1) is 0 Å². The van der Waals surface area contributed by atoms with Gasteiger partial charge in [0.2, 0.25) is 0 Å². The Labute approximate surface area is 140 Å². The molecular formula is C16H24N2O6. The van der Waals surface area contributed by atoms with Gasteiger partial charge in [-0.2, -0.15) is 0 Å². The lowest BCUT2D eigenvalue weighted by atomic mass is 9.99. The van der Waals surface area contributed by atoms with Crippen LogP contribution in [0, 0.1) is 17.0 Å². The van der Waals surface area contributed by atoms with E-state index in [0.717, 1.165) is 0 Å². The summed E-state index contributed by atoms with van der Waals surface area (Å²) in [5.41, 5.74) is 0.0924. The number of rotatable bonds is 6. The monoisotopic (exact) mass is 340 g/mol. The van der Waals surface area contributed by atoms with Gasteiger partial charge in [-0.1, -0.05) is 6.07 Å². The largest absolute Gasteiger partial charge is 0.444 e. The van der Waals surface area contributed by atoms with Gasteiger partial charge < -0.3 is 20.3 Å². The summed E-state index contributed by atoms with van der Waals surface area (Å²) in [6.07, 6.45) is -3.01. The molecule has 2 atom stereocenters. The fraction of sp³-hybridized carbons (Fsp3) is 0.562. The Hall–Kier alpha value is -2.19. The van der Waals surface area contributed by atoms with Crippen LogP contribution in [0.2, 0.25) is 0 Å². The number of hydrogen-bond donors (Lipinski definition) is 3. The lowest BCUT2D eigenvalue weighted by Gasteiger charge is -2.21. The number of nitro benzene ring substituents is 1. The number of alkyl carbamates (subject to hydrolysis) is 1. The molecule has 8 heteroatoms. The molecule has 3 N–H and O–H groups in total. The topological polar surface area (TPSA) is 122 Å². The van der Waals surface area contributed by atoms with E-state index in [-0.39, 0.29) is 24.2 Å². The van der Waals surface area contributed by atoms with Gasteiger partial charge in [-0.3, -0.25) is 10.1 Å². The van der Waals surface area contributed by atoms with E-state index < -0.39 is 28.8 Å². The SMILES string of the molecule is Cc1cc(C(O)C(O)CCNC(=O)OC(C)(C)C)cc([N+](=O)[O-])c1. The predicted molar refractivity (Wildman–Crippen MR) is 87.7 cm³/mol. The van der Waals surface area contributed by atoms with Crippen molar-refractivity contribution in [2.75, 3.05) is 6.54 Å². The van der Waals surface area contributed by atoms with E-state index in [2.05, 4.69) is 5.32 Å². The molecule has 0 spiro atoms. The van der Waals surface area contributed by atoms with Crippen LogP contribution in [0.4, 0.5) is 10.5 Å². The quantitative estimate of drug-likeness (QED) is 0.539. The fourth-order valence-corrected chi connectivity index (χ4v) is 2.08. The number of carbonyl (C=O) groups is 1. The number of aliphatic hydroxyl groups excluding tert-OH is 2. The molecule has 24 heavy (non-hydrogen) atoms. The lowest BCUT2D eigenvalue weighted by Crippen LogP contribution is -2.34. The van der Waals surface area contributed by atoms with Crippen LogP contribution in [0.5, 0.6) is 0 Å². The van der Waals surface area contributed by atoms with E-state index in [1.54, 1.807) is 33.8 Å². The number of aliphatic hydroxyl groups is 2. The van der Waals surface area contributed by atoms with Crippen molar-refractivity contribution in [1.29, 1.82) is 0 Å². The molecule has 1 amide bonds. The molecule has 8 nitrogen and oxygen atoms in total. The number of ether oxygens (including phenoxy) is 1. The van der Waals surface area contributed by atoms with Gasteiger partial charge in [-0.25, -0.2) is 4.79 Å². The van der Waals surface area contributed by atoms with E-state index in [9.17, 15) is 25.1 Å². The number of benzene rings is 1. The molecule has 0 aliphatic rings. The highest BCUT2D eigenvalue weighted by Gasteiger charge is 2.22. The van der Waals surface area contributed by atoms with Gasteiger partial charge >= 0.3 is 6.09 Å². The van der Waals surface area contributed by atoms with Gasteiger partial charge in [0, 0.05) is 18.7 Å². The minimum Gasteiger partial charge on any atom is -0.444 e. The molecule has 2 unspecified atom stereocenters. The van der Waals surface area contributed by atoms with Gasteiger partial charge in [-0.05, 0) is 45.2 Å². The Morgan fingerprint density at radius 2 is 1.96 bits per heavy atom. The fourth-order valence-electron chi connectivity index (χ4n) is 2.08. The lowest BCUT2D eigenvalue weighted by molar-refractivity contribution is -0.385. The minimum atomic E-state index is -1.29. The van der Waals surface area contributed by atoms with E-state index in [0.29, 0.717) is 5.56 Å². The first-order valence-electron chi connectivity index (χ1n) is 7.58. The molecule has 1 aromatic rings. The van der Waals surface area contributed by atoms with Crippen molar-refractivity contribution in [2.45, 2.75) is 51.9 Å².